The van der Waals surface area contributed by atoms with Gasteiger partial charge in [0.15, 0.2) is 0 Å². The summed E-state index contributed by atoms with van der Waals surface area (Å²) in [5.41, 5.74) is 1.06. The molecule has 2 aromatic rings. The summed E-state index contributed by atoms with van der Waals surface area (Å²) < 4.78 is 24.0. The van der Waals surface area contributed by atoms with Crippen LogP contribution >= 0.6 is 0 Å². The van der Waals surface area contributed by atoms with Gasteiger partial charge in [-0.05, 0) is 42.3 Å². The number of hydrogen-bond acceptors (Lipinski definition) is 3. The molecule has 0 saturated heterocycles. The molecular weight excluding hydrogens is 271 g/mol. The second-order valence-corrected chi connectivity index (χ2v) is 4.71. The molecule has 0 bridgehead atoms. The Hall–Kier alpha value is -2.07. The smallest absolute Gasteiger partial charge is 0.125 e. The van der Waals surface area contributed by atoms with Crippen LogP contribution in [0.4, 0.5) is 4.39 Å². The van der Waals surface area contributed by atoms with Crippen molar-refractivity contribution in [2.75, 3.05) is 13.7 Å². The lowest BCUT2D eigenvalue weighted by molar-refractivity contribution is 0.214. The molecule has 112 valence electrons. The minimum absolute atomic E-state index is 0.403. The minimum atomic E-state index is -0.948. The first kappa shape index (κ1) is 15.3. The van der Waals surface area contributed by atoms with Crippen LogP contribution < -0.4 is 9.47 Å². The maximum atomic E-state index is 13.4. The Morgan fingerprint density at radius 3 is 2.48 bits per heavy atom. The fourth-order valence-corrected chi connectivity index (χ4v) is 2.06. The van der Waals surface area contributed by atoms with Crippen molar-refractivity contribution in [3.05, 3.63) is 59.4 Å². The van der Waals surface area contributed by atoms with Crippen LogP contribution in [0.5, 0.6) is 11.5 Å². The third-order valence-electron chi connectivity index (χ3n) is 3.16. The number of rotatable bonds is 6. The molecule has 4 heteroatoms. The highest BCUT2D eigenvalue weighted by atomic mass is 19.1. The molecule has 0 aliphatic carbocycles. The predicted octanol–water partition coefficient (Wildman–Crippen LogP) is 3.70. The van der Waals surface area contributed by atoms with Crippen molar-refractivity contribution < 1.29 is 19.0 Å². The Balaban J connectivity index is 2.23. The second-order valence-electron chi connectivity index (χ2n) is 4.71. The van der Waals surface area contributed by atoms with Crippen molar-refractivity contribution in [2.45, 2.75) is 19.4 Å². The Morgan fingerprint density at radius 1 is 1.14 bits per heavy atom. The summed E-state index contributed by atoms with van der Waals surface area (Å²) in [6.07, 6.45) is -0.0129. The van der Waals surface area contributed by atoms with E-state index in [9.17, 15) is 9.50 Å². The Kier molecular flexibility index (Phi) is 5.17. The zero-order valence-corrected chi connectivity index (χ0v) is 12.2. The van der Waals surface area contributed by atoms with Gasteiger partial charge in [-0.1, -0.05) is 19.1 Å². The fraction of sp³-hybridized carbons (Fsp3) is 0.294. The van der Waals surface area contributed by atoms with Crippen LogP contribution in [0.25, 0.3) is 0 Å². The first-order valence-corrected chi connectivity index (χ1v) is 6.90. The molecule has 0 aliphatic rings. The van der Waals surface area contributed by atoms with Gasteiger partial charge >= 0.3 is 0 Å². The lowest BCUT2D eigenvalue weighted by Gasteiger charge is -2.16. The van der Waals surface area contributed by atoms with Crippen LogP contribution in [0.1, 0.15) is 30.6 Å². The average Bonchev–Trinajstić information content (AvgIpc) is 2.52. The molecule has 21 heavy (non-hydrogen) atoms. The van der Waals surface area contributed by atoms with E-state index in [0.29, 0.717) is 23.5 Å². The van der Waals surface area contributed by atoms with Crippen molar-refractivity contribution in [1.29, 1.82) is 0 Å². The number of aliphatic hydroxyl groups excluding tert-OH is 1. The SMILES string of the molecule is CCCOc1ccc(C(O)c2cc(F)ccc2OC)cc1. The maximum absolute atomic E-state index is 13.4. The van der Waals surface area contributed by atoms with Gasteiger partial charge in [0.1, 0.15) is 23.4 Å². The standard InChI is InChI=1S/C17H19FO3/c1-3-10-21-14-7-4-12(5-8-14)17(19)15-11-13(18)6-9-16(15)20-2/h4-9,11,17,19H,3,10H2,1-2H3. The normalized spacial score (nSPS) is 12.0. The van der Waals surface area contributed by atoms with Gasteiger partial charge in [0, 0.05) is 5.56 Å². The number of hydrogen-bond donors (Lipinski definition) is 1. The molecular formula is C17H19FO3. The topological polar surface area (TPSA) is 38.7 Å². The molecule has 0 saturated carbocycles. The second kappa shape index (κ2) is 7.09. The van der Waals surface area contributed by atoms with Gasteiger partial charge < -0.3 is 14.6 Å². The first-order chi connectivity index (χ1) is 10.2. The van der Waals surface area contributed by atoms with E-state index in [-0.39, 0.29) is 0 Å². The van der Waals surface area contributed by atoms with Crippen molar-refractivity contribution >= 4 is 0 Å². The molecule has 0 fully saturated rings. The van der Waals surface area contributed by atoms with Crippen LogP contribution in [0, 0.1) is 5.82 Å². The van der Waals surface area contributed by atoms with Crippen molar-refractivity contribution in [1.82, 2.24) is 0 Å². The minimum Gasteiger partial charge on any atom is -0.496 e. The molecule has 1 N–H and O–H groups in total. The fourth-order valence-electron chi connectivity index (χ4n) is 2.06. The first-order valence-electron chi connectivity index (χ1n) is 6.90. The van der Waals surface area contributed by atoms with E-state index in [2.05, 4.69) is 0 Å². The summed E-state index contributed by atoms with van der Waals surface area (Å²) in [5, 5.41) is 10.4. The number of methoxy groups -OCH3 is 1. The molecule has 0 radical (unpaired) electrons. The Morgan fingerprint density at radius 2 is 1.86 bits per heavy atom. The van der Waals surface area contributed by atoms with Gasteiger partial charge in [0.25, 0.3) is 0 Å². The predicted molar refractivity (Wildman–Crippen MR) is 79.2 cm³/mol. The third kappa shape index (κ3) is 3.73. The average molecular weight is 290 g/mol. The molecule has 3 nitrogen and oxygen atoms in total. The summed E-state index contributed by atoms with van der Waals surface area (Å²) >= 11 is 0. The highest BCUT2D eigenvalue weighted by Gasteiger charge is 2.16. The van der Waals surface area contributed by atoms with Crippen molar-refractivity contribution in [2.24, 2.45) is 0 Å². The van der Waals surface area contributed by atoms with Crippen molar-refractivity contribution in [3.63, 3.8) is 0 Å². The van der Waals surface area contributed by atoms with Crippen LogP contribution in [0.2, 0.25) is 0 Å². The van der Waals surface area contributed by atoms with E-state index in [0.717, 1.165) is 12.2 Å². The van der Waals surface area contributed by atoms with Crippen LogP contribution in [0.3, 0.4) is 0 Å². The zero-order chi connectivity index (χ0) is 15.2. The van der Waals surface area contributed by atoms with E-state index in [1.165, 1.54) is 25.3 Å². The van der Waals surface area contributed by atoms with E-state index in [1.54, 1.807) is 24.3 Å². The summed E-state index contributed by atoms with van der Waals surface area (Å²) in [5.74, 6) is 0.793. The Bertz CT molecular complexity index is 581. The highest BCUT2D eigenvalue weighted by Crippen LogP contribution is 2.31. The van der Waals surface area contributed by atoms with E-state index in [4.69, 9.17) is 9.47 Å². The summed E-state index contributed by atoms with van der Waals surface area (Å²) in [7, 11) is 1.49. The molecule has 0 aliphatic heterocycles. The van der Waals surface area contributed by atoms with Crippen LogP contribution in [-0.4, -0.2) is 18.8 Å². The highest BCUT2D eigenvalue weighted by molar-refractivity contribution is 5.41. The largest absolute Gasteiger partial charge is 0.496 e. The summed E-state index contributed by atoms with van der Waals surface area (Å²) in [4.78, 5) is 0. The van der Waals surface area contributed by atoms with Crippen molar-refractivity contribution in [3.8, 4) is 11.5 Å². The monoisotopic (exact) mass is 290 g/mol. The molecule has 0 aromatic heterocycles. The van der Waals surface area contributed by atoms with Gasteiger partial charge in [0.05, 0.1) is 13.7 Å². The van der Waals surface area contributed by atoms with Gasteiger partial charge in [0.2, 0.25) is 0 Å². The third-order valence-corrected chi connectivity index (χ3v) is 3.16. The number of halogens is 1. The van der Waals surface area contributed by atoms with E-state index in [1.807, 2.05) is 6.92 Å². The lowest BCUT2D eigenvalue weighted by atomic mass is 10.0. The zero-order valence-electron chi connectivity index (χ0n) is 12.2. The summed E-state index contributed by atoms with van der Waals surface area (Å²) in [6, 6.07) is 11.2. The van der Waals surface area contributed by atoms with Crippen LogP contribution in [0.15, 0.2) is 42.5 Å². The van der Waals surface area contributed by atoms with Gasteiger partial charge in [-0.3, -0.25) is 0 Å². The molecule has 2 rings (SSSR count). The summed E-state index contributed by atoms with van der Waals surface area (Å²) in [6.45, 7) is 2.69. The quantitative estimate of drug-likeness (QED) is 0.881. The maximum Gasteiger partial charge on any atom is 0.125 e. The molecule has 0 spiro atoms. The molecule has 2 aromatic carbocycles. The van der Waals surface area contributed by atoms with Gasteiger partial charge in [-0.2, -0.15) is 0 Å². The van der Waals surface area contributed by atoms with E-state index >= 15 is 0 Å². The Labute approximate surface area is 124 Å². The molecule has 0 heterocycles. The number of aliphatic hydroxyl groups is 1. The molecule has 1 unspecified atom stereocenters. The van der Waals surface area contributed by atoms with E-state index < -0.39 is 11.9 Å². The lowest BCUT2D eigenvalue weighted by Crippen LogP contribution is -2.03. The molecule has 0 amide bonds. The number of benzene rings is 2. The van der Waals surface area contributed by atoms with Gasteiger partial charge in [-0.15, -0.1) is 0 Å². The van der Waals surface area contributed by atoms with Crippen LogP contribution in [-0.2, 0) is 0 Å². The molecule has 1 atom stereocenters. The number of ether oxygens (including phenoxy) is 2. The van der Waals surface area contributed by atoms with Gasteiger partial charge in [-0.25, -0.2) is 4.39 Å².